The summed E-state index contributed by atoms with van der Waals surface area (Å²) in [5, 5.41) is 6.48. The molecule has 0 saturated heterocycles. The van der Waals surface area contributed by atoms with Gasteiger partial charge >= 0.3 is 0 Å². The van der Waals surface area contributed by atoms with Crippen LogP contribution in [0.2, 0.25) is 0 Å². The Morgan fingerprint density at radius 2 is 1.89 bits per heavy atom. The molecule has 156 valence electrons. The summed E-state index contributed by atoms with van der Waals surface area (Å²) in [6.45, 7) is 13.4. The standard InChI is InChI=1S/C24H39N3O/c1-9-11-12-27(17-26-7)16-23-20(10-2)13-21(14-24(23)28-8)22(15-25-6)19(5)18(3)4/h9,11,13-15,25-26H,10,12,16-17H2,1-8H3/b11-9?,22-15+. The van der Waals surface area contributed by atoms with Crippen molar-refractivity contribution < 1.29 is 4.74 Å². The highest BCUT2D eigenvalue weighted by Crippen LogP contribution is 2.33. The molecule has 0 spiro atoms. The quantitative estimate of drug-likeness (QED) is 0.328. The summed E-state index contributed by atoms with van der Waals surface area (Å²) in [5.74, 6) is 0.958. The monoisotopic (exact) mass is 385 g/mol. The van der Waals surface area contributed by atoms with Gasteiger partial charge in [-0.15, -0.1) is 0 Å². The number of hydrogen-bond donors (Lipinski definition) is 2. The van der Waals surface area contributed by atoms with Crippen molar-refractivity contribution in [2.24, 2.45) is 0 Å². The lowest BCUT2D eigenvalue weighted by molar-refractivity contribution is 0.273. The first-order valence-electron chi connectivity index (χ1n) is 10.1. The van der Waals surface area contributed by atoms with E-state index in [0.717, 1.165) is 31.9 Å². The van der Waals surface area contributed by atoms with Crippen molar-refractivity contribution in [3.8, 4) is 5.75 Å². The number of nitrogens with one attached hydrogen (secondary N) is 2. The molecule has 0 aliphatic carbocycles. The number of rotatable bonds is 11. The fourth-order valence-corrected chi connectivity index (χ4v) is 3.24. The Morgan fingerprint density at radius 3 is 2.39 bits per heavy atom. The van der Waals surface area contributed by atoms with Gasteiger partial charge in [0.2, 0.25) is 0 Å². The van der Waals surface area contributed by atoms with Gasteiger partial charge in [-0.3, -0.25) is 4.90 Å². The van der Waals surface area contributed by atoms with Crippen LogP contribution in [-0.4, -0.2) is 39.3 Å². The second-order valence-electron chi connectivity index (χ2n) is 7.23. The molecule has 0 heterocycles. The van der Waals surface area contributed by atoms with E-state index in [1.807, 2.05) is 14.1 Å². The molecule has 1 aromatic rings. The topological polar surface area (TPSA) is 36.5 Å². The van der Waals surface area contributed by atoms with Crippen LogP contribution in [0.3, 0.4) is 0 Å². The molecule has 0 unspecified atom stereocenters. The van der Waals surface area contributed by atoms with E-state index in [4.69, 9.17) is 4.74 Å². The Balaban J connectivity index is 3.46. The Hall–Kier alpha value is -2.04. The predicted molar refractivity (Wildman–Crippen MR) is 123 cm³/mol. The van der Waals surface area contributed by atoms with Crippen molar-refractivity contribution in [2.45, 2.75) is 47.6 Å². The molecule has 0 bridgehead atoms. The number of methoxy groups -OCH3 is 1. The van der Waals surface area contributed by atoms with Gasteiger partial charge in [0, 0.05) is 44.1 Å². The molecule has 28 heavy (non-hydrogen) atoms. The minimum Gasteiger partial charge on any atom is -0.496 e. The van der Waals surface area contributed by atoms with Crippen LogP contribution in [0.1, 0.15) is 51.3 Å². The number of allylic oxidation sites excluding steroid dienone is 4. The molecule has 0 aliphatic heterocycles. The Bertz CT molecular complexity index is 688. The third-order valence-electron chi connectivity index (χ3n) is 5.02. The summed E-state index contributed by atoms with van der Waals surface area (Å²) in [6.07, 6.45) is 7.34. The van der Waals surface area contributed by atoms with Crippen LogP contribution in [0.4, 0.5) is 0 Å². The van der Waals surface area contributed by atoms with E-state index in [0.29, 0.717) is 0 Å². The van der Waals surface area contributed by atoms with Crippen LogP contribution in [0.5, 0.6) is 5.75 Å². The van der Waals surface area contributed by atoms with Gasteiger partial charge in [-0.05, 0) is 63.9 Å². The molecule has 2 N–H and O–H groups in total. The van der Waals surface area contributed by atoms with Gasteiger partial charge in [0.05, 0.1) is 7.11 Å². The van der Waals surface area contributed by atoms with Gasteiger partial charge in [-0.25, -0.2) is 0 Å². The van der Waals surface area contributed by atoms with Crippen molar-refractivity contribution in [1.29, 1.82) is 0 Å². The lowest BCUT2D eigenvalue weighted by Gasteiger charge is -2.24. The molecule has 0 radical (unpaired) electrons. The molecule has 0 aromatic heterocycles. The highest BCUT2D eigenvalue weighted by atomic mass is 16.5. The van der Waals surface area contributed by atoms with Gasteiger partial charge < -0.3 is 15.4 Å². The lowest BCUT2D eigenvalue weighted by Crippen LogP contribution is -2.32. The molecule has 1 rings (SSSR count). The zero-order valence-corrected chi connectivity index (χ0v) is 19.1. The fourth-order valence-electron chi connectivity index (χ4n) is 3.24. The Kier molecular flexibility index (Phi) is 10.6. The molecule has 0 atom stereocenters. The van der Waals surface area contributed by atoms with E-state index in [1.54, 1.807) is 7.11 Å². The van der Waals surface area contributed by atoms with E-state index in [9.17, 15) is 0 Å². The van der Waals surface area contributed by atoms with Crippen LogP contribution in [0.25, 0.3) is 5.57 Å². The zero-order valence-electron chi connectivity index (χ0n) is 19.1. The predicted octanol–water partition coefficient (Wildman–Crippen LogP) is 4.73. The van der Waals surface area contributed by atoms with Gasteiger partial charge in [0.1, 0.15) is 5.75 Å². The summed E-state index contributed by atoms with van der Waals surface area (Å²) in [7, 11) is 5.70. The Labute approximate surface area is 172 Å². The molecule has 0 amide bonds. The minimum absolute atomic E-state index is 0.834. The third kappa shape index (κ3) is 6.54. The number of benzene rings is 1. The smallest absolute Gasteiger partial charge is 0.124 e. The number of aryl methyl sites for hydroxylation is 1. The van der Waals surface area contributed by atoms with Gasteiger partial charge in [0.25, 0.3) is 0 Å². The number of nitrogens with zero attached hydrogens (tertiary/aromatic N) is 1. The van der Waals surface area contributed by atoms with Gasteiger partial charge in [-0.1, -0.05) is 30.7 Å². The second kappa shape index (κ2) is 12.4. The van der Waals surface area contributed by atoms with E-state index in [-0.39, 0.29) is 0 Å². The molecule has 1 aromatic carbocycles. The lowest BCUT2D eigenvalue weighted by atomic mass is 9.92. The van der Waals surface area contributed by atoms with Gasteiger partial charge in [-0.2, -0.15) is 0 Å². The number of hydrogen-bond acceptors (Lipinski definition) is 4. The summed E-state index contributed by atoms with van der Waals surface area (Å²) in [6, 6.07) is 4.50. The van der Waals surface area contributed by atoms with E-state index >= 15 is 0 Å². The summed E-state index contributed by atoms with van der Waals surface area (Å²) in [4.78, 5) is 2.38. The molecule has 0 saturated carbocycles. The third-order valence-corrected chi connectivity index (χ3v) is 5.02. The zero-order chi connectivity index (χ0) is 21.1. The summed E-state index contributed by atoms with van der Waals surface area (Å²) >= 11 is 0. The molecule has 4 nitrogen and oxygen atoms in total. The Morgan fingerprint density at radius 1 is 1.18 bits per heavy atom. The van der Waals surface area contributed by atoms with E-state index < -0.39 is 0 Å². The highest BCUT2D eigenvalue weighted by molar-refractivity contribution is 5.80. The molecule has 0 aliphatic rings. The molecular weight excluding hydrogens is 346 g/mol. The maximum absolute atomic E-state index is 5.85. The first-order valence-corrected chi connectivity index (χ1v) is 10.1. The van der Waals surface area contributed by atoms with Crippen molar-refractivity contribution >= 4 is 5.57 Å². The summed E-state index contributed by atoms with van der Waals surface area (Å²) in [5.41, 5.74) is 7.61. The van der Waals surface area contributed by atoms with Crippen molar-refractivity contribution in [3.05, 3.63) is 58.3 Å². The maximum Gasteiger partial charge on any atom is 0.124 e. The average molecular weight is 386 g/mol. The molecule has 0 fully saturated rings. The van der Waals surface area contributed by atoms with Crippen LogP contribution in [0, 0.1) is 0 Å². The largest absolute Gasteiger partial charge is 0.496 e. The first kappa shape index (κ1) is 24.0. The fraction of sp³-hybridized carbons (Fsp3) is 0.500. The number of ether oxygens (including phenoxy) is 1. The van der Waals surface area contributed by atoms with Crippen LogP contribution < -0.4 is 15.4 Å². The van der Waals surface area contributed by atoms with E-state index in [1.165, 1.54) is 33.4 Å². The van der Waals surface area contributed by atoms with E-state index in [2.05, 4.69) is 80.6 Å². The maximum atomic E-state index is 5.85. The van der Waals surface area contributed by atoms with Crippen molar-refractivity contribution in [1.82, 2.24) is 15.5 Å². The van der Waals surface area contributed by atoms with Crippen molar-refractivity contribution in [2.75, 3.05) is 34.4 Å². The average Bonchev–Trinajstić information content (AvgIpc) is 2.69. The minimum atomic E-state index is 0.834. The van der Waals surface area contributed by atoms with Crippen LogP contribution >= 0.6 is 0 Å². The molecular formula is C24H39N3O. The van der Waals surface area contributed by atoms with Crippen molar-refractivity contribution in [3.63, 3.8) is 0 Å². The normalized spacial score (nSPS) is 12.0. The summed E-state index contributed by atoms with van der Waals surface area (Å²) < 4.78 is 5.85. The molecule has 4 heteroatoms. The van der Waals surface area contributed by atoms with Crippen LogP contribution in [-0.2, 0) is 13.0 Å². The SMILES string of the molecule is CC=CCN(CNC)Cc1c(CC)cc(/C(=C/NC)C(C)=C(C)C)cc1OC. The van der Waals surface area contributed by atoms with Crippen LogP contribution in [0.15, 0.2) is 41.6 Å². The second-order valence-corrected chi connectivity index (χ2v) is 7.23. The van der Waals surface area contributed by atoms with Gasteiger partial charge in [0.15, 0.2) is 0 Å². The highest BCUT2D eigenvalue weighted by Gasteiger charge is 2.16. The first-order chi connectivity index (χ1) is 13.4.